The normalized spacial score (nSPS) is 24.0. The summed E-state index contributed by atoms with van der Waals surface area (Å²) >= 11 is 0. The van der Waals surface area contributed by atoms with E-state index >= 15 is 0 Å². The van der Waals surface area contributed by atoms with E-state index in [4.69, 9.17) is 0 Å². The van der Waals surface area contributed by atoms with Crippen LogP contribution in [0.4, 0.5) is 0 Å². The zero-order chi connectivity index (χ0) is 15.7. The molecule has 1 aliphatic carbocycles. The Labute approximate surface area is 129 Å². The molecule has 1 aromatic rings. The molecule has 21 heavy (non-hydrogen) atoms. The van der Waals surface area contributed by atoms with Crippen LogP contribution in [0.5, 0.6) is 0 Å². The molecule has 4 heteroatoms. The van der Waals surface area contributed by atoms with Crippen LogP contribution >= 0.6 is 0 Å². The number of sulfone groups is 1. The lowest BCUT2D eigenvalue weighted by atomic mass is 9.83. The minimum atomic E-state index is -2.86. The van der Waals surface area contributed by atoms with Crippen LogP contribution in [0, 0.1) is 5.92 Å². The first-order valence-electron chi connectivity index (χ1n) is 7.80. The molecule has 1 aromatic heterocycles. The molecular formula is C17H27NO2S. The summed E-state index contributed by atoms with van der Waals surface area (Å²) in [6.45, 7) is 6.64. The summed E-state index contributed by atoms with van der Waals surface area (Å²) in [4.78, 5) is 4.50. The summed E-state index contributed by atoms with van der Waals surface area (Å²) in [5.41, 5.74) is 2.61. The summed E-state index contributed by atoms with van der Waals surface area (Å²) in [5.74, 6) is 0.575. The molecule has 0 N–H and O–H groups in total. The molecule has 0 aromatic carbocycles. The van der Waals surface area contributed by atoms with Gasteiger partial charge in [0.15, 0.2) is 0 Å². The van der Waals surface area contributed by atoms with Crippen LogP contribution in [0.25, 0.3) is 0 Å². The Hall–Kier alpha value is -0.900. The third-order valence-electron chi connectivity index (χ3n) is 4.58. The van der Waals surface area contributed by atoms with Crippen molar-refractivity contribution >= 4 is 9.84 Å². The maximum Gasteiger partial charge on any atom is 0.150 e. The topological polar surface area (TPSA) is 47.0 Å². The summed E-state index contributed by atoms with van der Waals surface area (Å²) in [6.07, 6.45) is 7.86. The molecule has 1 aliphatic rings. The number of nitrogens with zero attached hydrogens (tertiary/aromatic N) is 1. The lowest BCUT2D eigenvalue weighted by Crippen LogP contribution is -2.27. The monoisotopic (exact) mass is 309 g/mol. The predicted octanol–water partition coefficient (Wildman–Crippen LogP) is 3.53. The number of hydrogen-bond acceptors (Lipinski definition) is 3. The van der Waals surface area contributed by atoms with Gasteiger partial charge in [-0.15, -0.1) is 0 Å². The Morgan fingerprint density at radius 2 is 1.81 bits per heavy atom. The second-order valence-electron chi connectivity index (χ2n) is 7.46. The first kappa shape index (κ1) is 16.5. The molecular weight excluding hydrogens is 282 g/mol. The number of rotatable bonds is 3. The van der Waals surface area contributed by atoms with Gasteiger partial charge < -0.3 is 0 Å². The standard InChI is InChI=1S/C17H27NO2S/c1-17(2,3)14-9-10-18-15(12-14)11-13-5-7-16(8-6-13)21(4,19)20/h9-10,12-13,16H,5-8,11H2,1-4H3. The minimum Gasteiger partial charge on any atom is -0.261 e. The fourth-order valence-electron chi connectivity index (χ4n) is 3.12. The van der Waals surface area contributed by atoms with Gasteiger partial charge in [0.25, 0.3) is 0 Å². The average Bonchev–Trinajstić information content (AvgIpc) is 2.37. The molecule has 0 unspecified atom stereocenters. The Bertz CT molecular complexity index is 579. The summed E-state index contributed by atoms with van der Waals surface area (Å²) in [6, 6.07) is 4.30. The van der Waals surface area contributed by atoms with Crippen LogP contribution in [0.2, 0.25) is 0 Å². The van der Waals surface area contributed by atoms with Gasteiger partial charge in [-0.25, -0.2) is 8.42 Å². The molecule has 0 amide bonds. The van der Waals surface area contributed by atoms with Gasteiger partial charge in [-0.1, -0.05) is 20.8 Å². The van der Waals surface area contributed by atoms with Crippen molar-refractivity contribution in [2.24, 2.45) is 5.92 Å². The highest BCUT2D eigenvalue weighted by Crippen LogP contribution is 2.31. The molecule has 0 radical (unpaired) electrons. The highest BCUT2D eigenvalue weighted by atomic mass is 32.2. The van der Waals surface area contributed by atoms with Crippen LogP contribution in [-0.2, 0) is 21.7 Å². The van der Waals surface area contributed by atoms with Gasteiger partial charge in [-0.3, -0.25) is 4.98 Å². The van der Waals surface area contributed by atoms with Gasteiger partial charge in [0.1, 0.15) is 9.84 Å². The van der Waals surface area contributed by atoms with E-state index in [0.29, 0.717) is 5.92 Å². The number of aromatic nitrogens is 1. The summed E-state index contributed by atoms with van der Waals surface area (Å²) in [7, 11) is -2.86. The molecule has 1 heterocycles. The van der Waals surface area contributed by atoms with Crippen molar-refractivity contribution in [3.63, 3.8) is 0 Å². The van der Waals surface area contributed by atoms with E-state index in [2.05, 4.69) is 37.9 Å². The van der Waals surface area contributed by atoms with Gasteiger partial charge in [0.05, 0.1) is 5.25 Å². The molecule has 1 saturated carbocycles. The van der Waals surface area contributed by atoms with Crippen LogP contribution in [0.15, 0.2) is 18.3 Å². The third-order valence-corrected chi connectivity index (χ3v) is 6.26. The predicted molar refractivity (Wildman–Crippen MR) is 87.2 cm³/mol. The molecule has 0 bridgehead atoms. The molecule has 1 fully saturated rings. The van der Waals surface area contributed by atoms with Crippen molar-refractivity contribution in [3.05, 3.63) is 29.6 Å². The Morgan fingerprint density at radius 1 is 1.19 bits per heavy atom. The zero-order valence-electron chi connectivity index (χ0n) is 13.6. The van der Waals surface area contributed by atoms with Crippen molar-refractivity contribution in [2.75, 3.05) is 6.26 Å². The second kappa shape index (κ2) is 6.07. The molecule has 2 rings (SSSR count). The smallest absolute Gasteiger partial charge is 0.150 e. The quantitative estimate of drug-likeness (QED) is 0.858. The molecule has 0 atom stereocenters. The van der Waals surface area contributed by atoms with Crippen molar-refractivity contribution in [1.82, 2.24) is 4.98 Å². The summed E-state index contributed by atoms with van der Waals surface area (Å²) < 4.78 is 23.2. The van der Waals surface area contributed by atoms with Crippen LogP contribution in [0.1, 0.15) is 57.7 Å². The van der Waals surface area contributed by atoms with E-state index in [1.54, 1.807) is 0 Å². The van der Waals surface area contributed by atoms with Crippen molar-refractivity contribution < 1.29 is 8.42 Å². The first-order chi connectivity index (χ1) is 9.66. The van der Waals surface area contributed by atoms with E-state index in [1.165, 1.54) is 11.8 Å². The minimum absolute atomic E-state index is 0.123. The van der Waals surface area contributed by atoms with Crippen LogP contribution < -0.4 is 0 Å². The molecule has 118 valence electrons. The Morgan fingerprint density at radius 3 is 2.33 bits per heavy atom. The number of pyridine rings is 1. The Kier molecular flexibility index (Phi) is 4.76. The first-order valence-corrected chi connectivity index (χ1v) is 9.76. The van der Waals surface area contributed by atoms with E-state index < -0.39 is 9.84 Å². The van der Waals surface area contributed by atoms with Crippen molar-refractivity contribution in [1.29, 1.82) is 0 Å². The SMILES string of the molecule is CC(C)(C)c1ccnc(CC2CCC(S(C)(=O)=O)CC2)c1. The highest BCUT2D eigenvalue weighted by molar-refractivity contribution is 7.91. The zero-order valence-corrected chi connectivity index (χ0v) is 14.4. The number of hydrogen-bond donors (Lipinski definition) is 0. The maximum absolute atomic E-state index is 11.6. The second-order valence-corrected chi connectivity index (χ2v) is 9.79. The van der Waals surface area contributed by atoms with Gasteiger partial charge >= 0.3 is 0 Å². The fourth-order valence-corrected chi connectivity index (χ4v) is 4.24. The highest BCUT2D eigenvalue weighted by Gasteiger charge is 2.28. The van der Waals surface area contributed by atoms with E-state index in [-0.39, 0.29) is 10.7 Å². The molecule has 3 nitrogen and oxygen atoms in total. The largest absolute Gasteiger partial charge is 0.261 e. The third kappa shape index (κ3) is 4.53. The Balaban J connectivity index is 1.98. The van der Waals surface area contributed by atoms with E-state index in [1.807, 2.05) is 6.20 Å². The molecule has 0 spiro atoms. The van der Waals surface area contributed by atoms with Crippen LogP contribution in [-0.4, -0.2) is 24.9 Å². The van der Waals surface area contributed by atoms with E-state index in [9.17, 15) is 8.42 Å². The van der Waals surface area contributed by atoms with E-state index in [0.717, 1.165) is 37.8 Å². The average molecular weight is 309 g/mol. The van der Waals surface area contributed by atoms with Crippen molar-refractivity contribution in [2.45, 2.75) is 63.5 Å². The maximum atomic E-state index is 11.6. The van der Waals surface area contributed by atoms with Gasteiger partial charge in [-0.05, 0) is 61.1 Å². The van der Waals surface area contributed by atoms with Gasteiger partial charge in [-0.2, -0.15) is 0 Å². The molecule has 0 saturated heterocycles. The van der Waals surface area contributed by atoms with Crippen LogP contribution in [0.3, 0.4) is 0 Å². The van der Waals surface area contributed by atoms with Gasteiger partial charge in [0.2, 0.25) is 0 Å². The molecule has 0 aliphatic heterocycles. The van der Waals surface area contributed by atoms with Gasteiger partial charge in [0, 0.05) is 18.1 Å². The summed E-state index contributed by atoms with van der Waals surface area (Å²) in [5, 5.41) is -0.123. The van der Waals surface area contributed by atoms with Crippen molar-refractivity contribution in [3.8, 4) is 0 Å². The lowest BCUT2D eigenvalue weighted by Gasteiger charge is -2.27. The lowest BCUT2D eigenvalue weighted by molar-refractivity contribution is 0.353. The fraction of sp³-hybridized carbons (Fsp3) is 0.706.